The molecular weight excluding hydrogens is 299 g/mol. The number of halogens is 1. The first-order chi connectivity index (χ1) is 11.8. The van der Waals surface area contributed by atoms with Crippen molar-refractivity contribution in [1.82, 2.24) is 4.98 Å². The van der Waals surface area contributed by atoms with Crippen molar-refractivity contribution in [3.63, 3.8) is 0 Å². The summed E-state index contributed by atoms with van der Waals surface area (Å²) < 4.78 is 13.3. The third kappa shape index (κ3) is 3.03. The number of hydrogen-bond acceptors (Lipinski definition) is 2. The van der Waals surface area contributed by atoms with Crippen molar-refractivity contribution >= 4 is 17.0 Å². The highest BCUT2D eigenvalue weighted by Gasteiger charge is 2.27. The van der Waals surface area contributed by atoms with E-state index >= 15 is 0 Å². The zero-order valence-corrected chi connectivity index (χ0v) is 13.7. The van der Waals surface area contributed by atoms with Crippen molar-refractivity contribution in [2.45, 2.75) is 38.5 Å². The van der Waals surface area contributed by atoms with Crippen LogP contribution in [0.25, 0.3) is 11.3 Å². The summed E-state index contributed by atoms with van der Waals surface area (Å²) >= 11 is 0. The second kappa shape index (κ2) is 6.68. The SMILES string of the molecule is Fc1ccc(C2=C(c3ccncc3)CC(C3CCCCC3)=N2)cc1. The molecular formula is C21H21FN2. The highest BCUT2D eigenvalue weighted by atomic mass is 19.1. The first kappa shape index (κ1) is 15.3. The number of allylic oxidation sites excluding steroid dienone is 1. The van der Waals surface area contributed by atoms with Crippen molar-refractivity contribution in [3.8, 4) is 0 Å². The third-order valence-electron chi connectivity index (χ3n) is 5.12. The van der Waals surface area contributed by atoms with Crippen molar-refractivity contribution in [1.29, 1.82) is 0 Å². The van der Waals surface area contributed by atoms with Crippen LogP contribution in [0.1, 0.15) is 49.7 Å². The number of hydrogen-bond donors (Lipinski definition) is 0. The fourth-order valence-electron chi connectivity index (χ4n) is 3.83. The third-order valence-corrected chi connectivity index (χ3v) is 5.12. The normalized spacial score (nSPS) is 18.8. The van der Waals surface area contributed by atoms with Gasteiger partial charge in [0.15, 0.2) is 0 Å². The number of aromatic nitrogens is 1. The molecule has 0 spiro atoms. The summed E-state index contributed by atoms with van der Waals surface area (Å²) in [7, 11) is 0. The standard InChI is InChI=1S/C21H21FN2/c22-18-8-6-17(7-9-18)21-19(15-10-12-23-13-11-15)14-20(24-21)16-4-2-1-3-5-16/h6-13,16H,1-5,14H2. The summed E-state index contributed by atoms with van der Waals surface area (Å²) in [6.45, 7) is 0. The van der Waals surface area contributed by atoms with Gasteiger partial charge in [0.1, 0.15) is 5.82 Å². The maximum atomic E-state index is 13.3. The fourth-order valence-corrected chi connectivity index (χ4v) is 3.83. The van der Waals surface area contributed by atoms with Gasteiger partial charge in [-0.05, 0) is 66.3 Å². The van der Waals surface area contributed by atoms with Gasteiger partial charge in [0, 0.05) is 30.1 Å². The molecule has 0 unspecified atom stereocenters. The molecule has 0 saturated heterocycles. The van der Waals surface area contributed by atoms with Crippen LogP contribution in [0.15, 0.2) is 53.8 Å². The Morgan fingerprint density at radius 1 is 0.833 bits per heavy atom. The Labute approximate surface area is 142 Å². The molecule has 1 saturated carbocycles. The highest BCUT2D eigenvalue weighted by molar-refractivity contribution is 6.10. The van der Waals surface area contributed by atoms with Gasteiger partial charge in [-0.15, -0.1) is 0 Å². The Hall–Kier alpha value is -2.29. The topological polar surface area (TPSA) is 25.2 Å². The minimum absolute atomic E-state index is 0.209. The summed E-state index contributed by atoms with van der Waals surface area (Å²) in [5.74, 6) is 0.396. The lowest BCUT2D eigenvalue weighted by atomic mass is 9.83. The zero-order valence-electron chi connectivity index (χ0n) is 13.7. The van der Waals surface area contributed by atoms with Crippen molar-refractivity contribution in [3.05, 3.63) is 65.7 Å². The van der Waals surface area contributed by atoms with E-state index < -0.39 is 0 Å². The van der Waals surface area contributed by atoms with Crippen LogP contribution >= 0.6 is 0 Å². The number of aliphatic imine (C=N–C) groups is 1. The minimum atomic E-state index is -0.209. The Morgan fingerprint density at radius 3 is 2.25 bits per heavy atom. The molecule has 0 bridgehead atoms. The van der Waals surface area contributed by atoms with Crippen LogP contribution in [-0.2, 0) is 0 Å². The average Bonchev–Trinajstić information content (AvgIpc) is 3.09. The molecule has 2 aromatic rings. The van der Waals surface area contributed by atoms with E-state index in [4.69, 9.17) is 4.99 Å². The van der Waals surface area contributed by atoms with Gasteiger partial charge in [-0.25, -0.2) is 4.39 Å². The molecule has 3 heteroatoms. The lowest BCUT2D eigenvalue weighted by Gasteiger charge is -2.21. The molecule has 4 rings (SSSR count). The van der Waals surface area contributed by atoms with Crippen molar-refractivity contribution < 1.29 is 4.39 Å². The second-order valence-electron chi connectivity index (χ2n) is 6.68. The fraction of sp³-hybridized carbons (Fsp3) is 0.333. The summed E-state index contributed by atoms with van der Waals surface area (Å²) in [5, 5.41) is 0. The monoisotopic (exact) mass is 320 g/mol. The van der Waals surface area contributed by atoms with Crippen LogP contribution in [-0.4, -0.2) is 10.7 Å². The molecule has 1 fully saturated rings. The minimum Gasteiger partial charge on any atom is -0.265 e. The molecule has 1 aromatic heterocycles. The van der Waals surface area contributed by atoms with Gasteiger partial charge < -0.3 is 0 Å². The first-order valence-corrected chi connectivity index (χ1v) is 8.78. The molecule has 0 radical (unpaired) electrons. The predicted molar refractivity (Wildman–Crippen MR) is 96.1 cm³/mol. The highest BCUT2D eigenvalue weighted by Crippen LogP contribution is 2.39. The zero-order chi connectivity index (χ0) is 16.4. The van der Waals surface area contributed by atoms with E-state index in [9.17, 15) is 4.39 Å². The average molecular weight is 320 g/mol. The van der Waals surface area contributed by atoms with E-state index in [0.717, 1.165) is 17.7 Å². The molecule has 0 atom stereocenters. The molecule has 2 nitrogen and oxygen atoms in total. The van der Waals surface area contributed by atoms with Crippen LogP contribution in [0.4, 0.5) is 4.39 Å². The lowest BCUT2D eigenvalue weighted by Crippen LogP contribution is -2.16. The van der Waals surface area contributed by atoms with Crippen LogP contribution in [0.5, 0.6) is 0 Å². The first-order valence-electron chi connectivity index (χ1n) is 8.78. The van der Waals surface area contributed by atoms with Gasteiger partial charge in [0.05, 0.1) is 5.70 Å². The second-order valence-corrected chi connectivity index (χ2v) is 6.68. The summed E-state index contributed by atoms with van der Waals surface area (Å²) in [6.07, 6.45) is 11.0. The smallest absolute Gasteiger partial charge is 0.123 e. The Bertz CT molecular complexity index is 769. The summed E-state index contributed by atoms with van der Waals surface area (Å²) in [4.78, 5) is 9.15. The van der Waals surface area contributed by atoms with Gasteiger partial charge in [-0.3, -0.25) is 9.98 Å². The van der Waals surface area contributed by atoms with E-state index in [0.29, 0.717) is 5.92 Å². The molecule has 0 N–H and O–H groups in total. The number of rotatable bonds is 3. The maximum Gasteiger partial charge on any atom is 0.123 e. The van der Waals surface area contributed by atoms with E-state index in [1.165, 1.54) is 61.1 Å². The van der Waals surface area contributed by atoms with Gasteiger partial charge in [-0.1, -0.05) is 19.3 Å². The predicted octanol–water partition coefficient (Wildman–Crippen LogP) is 5.51. The van der Waals surface area contributed by atoms with Crippen LogP contribution < -0.4 is 0 Å². The Kier molecular flexibility index (Phi) is 4.24. The van der Waals surface area contributed by atoms with E-state index in [2.05, 4.69) is 4.98 Å². The number of pyridine rings is 1. The Morgan fingerprint density at radius 2 is 1.54 bits per heavy atom. The van der Waals surface area contributed by atoms with Crippen molar-refractivity contribution in [2.24, 2.45) is 10.9 Å². The molecule has 122 valence electrons. The molecule has 2 heterocycles. The quantitative estimate of drug-likeness (QED) is 0.731. The van der Waals surface area contributed by atoms with Gasteiger partial charge in [0.2, 0.25) is 0 Å². The van der Waals surface area contributed by atoms with Crippen LogP contribution in [0, 0.1) is 11.7 Å². The molecule has 1 aliphatic carbocycles. The van der Waals surface area contributed by atoms with E-state index in [-0.39, 0.29) is 5.82 Å². The van der Waals surface area contributed by atoms with E-state index in [1.807, 2.05) is 36.7 Å². The molecule has 1 aromatic carbocycles. The molecule has 1 aliphatic heterocycles. The maximum absolute atomic E-state index is 13.3. The Balaban J connectivity index is 1.73. The van der Waals surface area contributed by atoms with Crippen molar-refractivity contribution in [2.75, 3.05) is 0 Å². The molecule has 0 amide bonds. The van der Waals surface area contributed by atoms with E-state index in [1.54, 1.807) is 0 Å². The number of benzene rings is 1. The lowest BCUT2D eigenvalue weighted by molar-refractivity contribution is 0.437. The van der Waals surface area contributed by atoms with Gasteiger partial charge >= 0.3 is 0 Å². The summed E-state index contributed by atoms with van der Waals surface area (Å²) in [5.41, 5.74) is 5.71. The van der Waals surface area contributed by atoms with Crippen LogP contribution in [0.2, 0.25) is 0 Å². The largest absolute Gasteiger partial charge is 0.265 e. The summed E-state index contributed by atoms with van der Waals surface area (Å²) in [6, 6.07) is 10.8. The molecule has 24 heavy (non-hydrogen) atoms. The molecule has 2 aliphatic rings. The van der Waals surface area contributed by atoms with Gasteiger partial charge in [-0.2, -0.15) is 0 Å². The van der Waals surface area contributed by atoms with Crippen LogP contribution in [0.3, 0.4) is 0 Å². The van der Waals surface area contributed by atoms with Gasteiger partial charge in [0.25, 0.3) is 0 Å². The number of nitrogens with zero attached hydrogens (tertiary/aromatic N) is 2.